The lowest BCUT2D eigenvalue weighted by atomic mass is 10.1. The van der Waals surface area contributed by atoms with E-state index < -0.39 is 0 Å². The number of nitrogens with zero attached hydrogens (tertiary/aromatic N) is 2. The van der Waals surface area contributed by atoms with E-state index in [0.29, 0.717) is 12.1 Å². The van der Waals surface area contributed by atoms with Crippen LogP contribution in [0.5, 0.6) is 0 Å². The molecule has 2 atom stereocenters. The highest BCUT2D eigenvalue weighted by Gasteiger charge is 2.22. The highest BCUT2D eigenvalue weighted by atomic mass is 35.5. The summed E-state index contributed by atoms with van der Waals surface area (Å²) >= 11 is 1.77. The van der Waals surface area contributed by atoms with E-state index in [1.165, 1.54) is 10.6 Å². The summed E-state index contributed by atoms with van der Waals surface area (Å²) in [4.78, 5) is 8.26. The van der Waals surface area contributed by atoms with Crippen LogP contribution in [0, 0.1) is 6.92 Å². The van der Waals surface area contributed by atoms with Crippen molar-refractivity contribution in [2.45, 2.75) is 39.4 Å². The minimum atomic E-state index is 0. The monoisotopic (exact) mass is 261 g/mol. The third-order valence-corrected chi connectivity index (χ3v) is 4.00. The van der Waals surface area contributed by atoms with Crippen molar-refractivity contribution in [3.05, 3.63) is 16.1 Å². The molecule has 0 bridgehead atoms. The maximum Gasteiger partial charge on any atom is 0.0798 e. The molecule has 1 fully saturated rings. The maximum absolute atomic E-state index is 4.30. The van der Waals surface area contributed by atoms with Gasteiger partial charge in [-0.1, -0.05) is 0 Å². The molecular formula is C11H20ClN3S. The van der Waals surface area contributed by atoms with Crippen LogP contribution in [-0.4, -0.2) is 35.1 Å². The van der Waals surface area contributed by atoms with Crippen LogP contribution in [0.3, 0.4) is 0 Å². The van der Waals surface area contributed by atoms with E-state index in [-0.39, 0.29) is 12.4 Å². The van der Waals surface area contributed by atoms with Gasteiger partial charge in [0.25, 0.3) is 0 Å². The van der Waals surface area contributed by atoms with E-state index in [0.717, 1.165) is 19.6 Å². The van der Waals surface area contributed by atoms with Crippen LogP contribution < -0.4 is 5.32 Å². The third kappa shape index (κ3) is 3.17. The first kappa shape index (κ1) is 13.9. The van der Waals surface area contributed by atoms with Gasteiger partial charge >= 0.3 is 0 Å². The molecule has 1 N–H and O–H groups in total. The second-order valence-electron chi connectivity index (χ2n) is 4.45. The molecule has 16 heavy (non-hydrogen) atoms. The number of hydrogen-bond acceptors (Lipinski definition) is 4. The largest absolute Gasteiger partial charge is 0.311 e. The average molecular weight is 262 g/mol. The van der Waals surface area contributed by atoms with Crippen molar-refractivity contribution in [3.63, 3.8) is 0 Å². The number of piperazine rings is 1. The normalized spacial score (nSPS) is 26.4. The SMILES string of the molecule is Cc1ncsc1CN1CC(C)NCC1C.Cl. The van der Waals surface area contributed by atoms with Gasteiger partial charge in [-0.05, 0) is 20.8 Å². The van der Waals surface area contributed by atoms with Gasteiger partial charge in [-0.2, -0.15) is 0 Å². The lowest BCUT2D eigenvalue weighted by Crippen LogP contribution is -2.53. The zero-order valence-electron chi connectivity index (χ0n) is 10.1. The standard InChI is InChI=1S/C11H19N3S.ClH/c1-8-5-14(9(2)4-12-8)6-11-10(3)13-7-15-11;/h7-9,12H,4-6H2,1-3H3;1H. The molecular weight excluding hydrogens is 242 g/mol. The van der Waals surface area contributed by atoms with Gasteiger partial charge in [0.15, 0.2) is 0 Å². The Balaban J connectivity index is 0.00000128. The molecule has 0 radical (unpaired) electrons. The first-order valence-electron chi connectivity index (χ1n) is 5.53. The summed E-state index contributed by atoms with van der Waals surface area (Å²) in [6.45, 7) is 9.93. The Kier molecular flexibility index (Phi) is 5.18. The molecule has 0 saturated carbocycles. The zero-order chi connectivity index (χ0) is 10.8. The van der Waals surface area contributed by atoms with Crippen molar-refractivity contribution in [1.29, 1.82) is 0 Å². The first-order valence-corrected chi connectivity index (χ1v) is 6.41. The minimum Gasteiger partial charge on any atom is -0.311 e. The summed E-state index contributed by atoms with van der Waals surface area (Å²) in [6.07, 6.45) is 0. The van der Waals surface area contributed by atoms with Gasteiger partial charge in [0, 0.05) is 36.6 Å². The van der Waals surface area contributed by atoms with Crippen LogP contribution in [0.15, 0.2) is 5.51 Å². The molecule has 1 aliphatic heterocycles. The van der Waals surface area contributed by atoms with Crippen LogP contribution in [-0.2, 0) is 6.54 Å². The van der Waals surface area contributed by atoms with Crippen molar-refractivity contribution in [2.75, 3.05) is 13.1 Å². The van der Waals surface area contributed by atoms with Gasteiger partial charge in [0.05, 0.1) is 11.2 Å². The van der Waals surface area contributed by atoms with Crippen LogP contribution in [0.2, 0.25) is 0 Å². The summed E-state index contributed by atoms with van der Waals surface area (Å²) < 4.78 is 0. The second kappa shape index (κ2) is 5.96. The number of aryl methyl sites for hydroxylation is 1. The molecule has 2 heterocycles. The van der Waals surface area contributed by atoms with Crippen molar-refractivity contribution in [3.8, 4) is 0 Å². The summed E-state index contributed by atoms with van der Waals surface area (Å²) in [5.74, 6) is 0. The lowest BCUT2D eigenvalue weighted by Gasteiger charge is -2.37. The van der Waals surface area contributed by atoms with E-state index in [9.17, 15) is 0 Å². The lowest BCUT2D eigenvalue weighted by molar-refractivity contribution is 0.140. The maximum atomic E-state index is 4.30. The Morgan fingerprint density at radius 2 is 2.31 bits per heavy atom. The molecule has 2 rings (SSSR count). The smallest absolute Gasteiger partial charge is 0.0798 e. The molecule has 2 unspecified atom stereocenters. The van der Waals surface area contributed by atoms with Gasteiger partial charge in [0.1, 0.15) is 0 Å². The second-order valence-corrected chi connectivity index (χ2v) is 5.39. The molecule has 0 aromatic carbocycles. The molecule has 0 amide bonds. The van der Waals surface area contributed by atoms with Crippen molar-refractivity contribution < 1.29 is 0 Å². The molecule has 0 aliphatic carbocycles. The minimum absolute atomic E-state index is 0. The Labute approximate surface area is 108 Å². The summed E-state index contributed by atoms with van der Waals surface area (Å²) in [7, 11) is 0. The van der Waals surface area contributed by atoms with Crippen molar-refractivity contribution in [2.24, 2.45) is 0 Å². The fraction of sp³-hybridized carbons (Fsp3) is 0.727. The molecule has 1 saturated heterocycles. The van der Waals surface area contributed by atoms with Gasteiger partial charge < -0.3 is 5.32 Å². The fourth-order valence-corrected chi connectivity index (χ4v) is 2.78. The van der Waals surface area contributed by atoms with E-state index >= 15 is 0 Å². The molecule has 1 aliphatic rings. The zero-order valence-corrected chi connectivity index (χ0v) is 11.7. The number of rotatable bonds is 2. The Bertz CT molecular complexity index is 329. The summed E-state index contributed by atoms with van der Waals surface area (Å²) in [5.41, 5.74) is 3.14. The van der Waals surface area contributed by atoms with Gasteiger partial charge in [-0.15, -0.1) is 23.7 Å². The number of thiazole rings is 1. The summed E-state index contributed by atoms with van der Waals surface area (Å²) in [5, 5.41) is 3.50. The number of aromatic nitrogens is 1. The molecule has 5 heteroatoms. The van der Waals surface area contributed by atoms with Crippen LogP contribution in [0.4, 0.5) is 0 Å². The van der Waals surface area contributed by atoms with E-state index in [2.05, 4.69) is 36.0 Å². The Morgan fingerprint density at radius 1 is 1.56 bits per heavy atom. The molecule has 0 spiro atoms. The highest BCUT2D eigenvalue weighted by Crippen LogP contribution is 2.18. The number of nitrogens with one attached hydrogen (secondary N) is 1. The highest BCUT2D eigenvalue weighted by molar-refractivity contribution is 7.09. The third-order valence-electron chi connectivity index (χ3n) is 3.08. The molecule has 1 aromatic heterocycles. The van der Waals surface area contributed by atoms with E-state index in [1.807, 2.05) is 5.51 Å². The van der Waals surface area contributed by atoms with Crippen LogP contribution in [0.1, 0.15) is 24.4 Å². The Morgan fingerprint density at radius 3 is 2.94 bits per heavy atom. The first-order chi connectivity index (χ1) is 7.16. The molecule has 92 valence electrons. The van der Waals surface area contributed by atoms with Crippen molar-refractivity contribution >= 4 is 23.7 Å². The van der Waals surface area contributed by atoms with Gasteiger partial charge in [-0.3, -0.25) is 4.90 Å². The molecule has 1 aromatic rings. The van der Waals surface area contributed by atoms with E-state index in [1.54, 1.807) is 11.3 Å². The topological polar surface area (TPSA) is 28.2 Å². The van der Waals surface area contributed by atoms with Crippen molar-refractivity contribution in [1.82, 2.24) is 15.2 Å². The summed E-state index contributed by atoms with van der Waals surface area (Å²) in [6, 6.07) is 1.23. The quantitative estimate of drug-likeness (QED) is 0.883. The fourth-order valence-electron chi connectivity index (χ4n) is 1.98. The molecule has 3 nitrogen and oxygen atoms in total. The van der Waals surface area contributed by atoms with Crippen LogP contribution in [0.25, 0.3) is 0 Å². The average Bonchev–Trinajstić information content (AvgIpc) is 2.58. The Hall–Kier alpha value is -0.160. The van der Waals surface area contributed by atoms with Gasteiger partial charge in [0.2, 0.25) is 0 Å². The van der Waals surface area contributed by atoms with Gasteiger partial charge in [-0.25, -0.2) is 4.98 Å². The van der Waals surface area contributed by atoms with E-state index in [4.69, 9.17) is 0 Å². The number of hydrogen-bond donors (Lipinski definition) is 1. The predicted octanol–water partition coefficient (Wildman–Crippen LogP) is 2.06. The van der Waals surface area contributed by atoms with Crippen LogP contribution >= 0.6 is 23.7 Å². The number of halogens is 1. The predicted molar refractivity (Wildman–Crippen MR) is 71.4 cm³/mol.